The van der Waals surface area contributed by atoms with Gasteiger partial charge in [0.1, 0.15) is 17.8 Å². The van der Waals surface area contributed by atoms with Crippen molar-refractivity contribution in [2.45, 2.75) is 26.0 Å². The largest absolute Gasteiger partial charge is 0.435 e. The second-order valence-corrected chi connectivity index (χ2v) is 5.76. The van der Waals surface area contributed by atoms with E-state index in [2.05, 4.69) is 15.4 Å². The number of amides is 6. The fourth-order valence-corrected chi connectivity index (χ4v) is 2.52. The van der Waals surface area contributed by atoms with Crippen LogP contribution in [0.4, 0.5) is 18.4 Å². The Balaban J connectivity index is 2.11. The van der Waals surface area contributed by atoms with Crippen molar-refractivity contribution in [3.63, 3.8) is 0 Å². The van der Waals surface area contributed by atoms with Crippen molar-refractivity contribution in [2.75, 3.05) is 13.1 Å². The van der Waals surface area contributed by atoms with E-state index in [0.717, 1.165) is 0 Å². The first-order valence-corrected chi connectivity index (χ1v) is 7.94. The average molecular weight is 384 g/mol. The van der Waals surface area contributed by atoms with Crippen molar-refractivity contribution in [3.8, 4) is 5.75 Å². The molecule has 1 aromatic carbocycles. The van der Waals surface area contributed by atoms with Gasteiger partial charge in [0.25, 0.3) is 5.91 Å². The summed E-state index contributed by atoms with van der Waals surface area (Å²) in [5.74, 6) is -1.66. The molecule has 1 aromatic rings. The third kappa shape index (κ3) is 4.49. The molecule has 11 heteroatoms. The predicted molar refractivity (Wildman–Crippen MR) is 87.9 cm³/mol. The molecule has 0 spiro atoms. The lowest BCUT2D eigenvalue weighted by molar-refractivity contribution is -0.134. The summed E-state index contributed by atoms with van der Waals surface area (Å²) in [5, 5.41) is 6.79. The highest BCUT2D eigenvalue weighted by molar-refractivity contribution is 6.10. The molecule has 1 aliphatic heterocycles. The molecule has 1 fully saturated rings. The minimum Gasteiger partial charge on any atom is -0.435 e. The summed E-state index contributed by atoms with van der Waals surface area (Å²) in [4.78, 5) is 48.6. The Hall–Kier alpha value is -3.24. The van der Waals surface area contributed by atoms with Crippen molar-refractivity contribution in [3.05, 3.63) is 29.8 Å². The molecule has 0 aliphatic carbocycles. The molecule has 6 amide bonds. The zero-order valence-electron chi connectivity index (χ0n) is 14.5. The Bertz CT molecular complexity index is 756. The summed E-state index contributed by atoms with van der Waals surface area (Å²) >= 11 is 0. The second-order valence-electron chi connectivity index (χ2n) is 5.76. The summed E-state index contributed by atoms with van der Waals surface area (Å²) < 4.78 is 28.7. The van der Waals surface area contributed by atoms with Crippen LogP contribution in [-0.2, 0) is 15.1 Å². The van der Waals surface area contributed by atoms with Gasteiger partial charge in [-0.2, -0.15) is 8.78 Å². The first-order chi connectivity index (χ1) is 12.7. The normalized spacial score (nSPS) is 19.1. The highest BCUT2D eigenvalue weighted by atomic mass is 19.3. The van der Waals surface area contributed by atoms with Crippen molar-refractivity contribution in [2.24, 2.45) is 0 Å². The molecular weight excluding hydrogens is 366 g/mol. The summed E-state index contributed by atoms with van der Waals surface area (Å²) in [6.07, 6.45) is 0. The Morgan fingerprint density at radius 2 is 1.89 bits per heavy atom. The zero-order valence-corrected chi connectivity index (χ0v) is 14.5. The molecule has 9 nitrogen and oxygen atoms in total. The van der Waals surface area contributed by atoms with Gasteiger partial charge in [-0.15, -0.1) is 0 Å². The monoisotopic (exact) mass is 384 g/mol. The van der Waals surface area contributed by atoms with E-state index in [1.54, 1.807) is 6.92 Å². The smallest absolute Gasteiger partial charge is 0.387 e. The molecule has 2 rings (SSSR count). The number of nitrogens with zero attached hydrogens (tertiary/aromatic N) is 1. The zero-order chi connectivity index (χ0) is 20.2. The molecule has 0 bridgehead atoms. The number of halogens is 2. The first kappa shape index (κ1) is 20.1. The number of carbonyl (C=O) groups is 4. The van der Waals surface area contributed by atoms with E-state index in [9.17, 15) is 28.0 Å². The van der Waals surface area contributed by atoms with Gasteiger partial charge < -0.3 is 15.4 Å². The van der Waals surface area contributed by atoms with Crippen LogP contribution >= 0.6 is 0 Å². The molecule has 0 saturated carbocycles. The maximum Gasteiger partial charge on any atom is 0.387 e. The third-order valence-corrected chi connectivity index (χ3v) is 3.82. The lowest BCUT2D eigenvalue weighted by Gasteiger charge is -2.22. The van der Waals surface area contributed by atoms with Crippen LogP contribution in [0.5, 0.6) is 5.75 Å². The van der Waals surface area contributed by atoms with E-state index in [1.165, 1.54) is 31.2 Å². The minimum absolute atomic E-state index is 0.104. The Morgan fingerprint density at radius 1 is 1.26 bits per heavy atom. The second kappa shape index (κ2) is 7.98. The van der Waals surface area contributed by atoms with E-state index in [0.29, 0.717) is 17.0 Å². The molecule has 0 unspecified atom stereocenters. The Kier molecular flexibility index (Phi) is 5.93. The summed E-state index contributed by atoms with van der Waals surface area (Å²) in [5.41, 5.74) is -1.18. The molecule has 3 N–H and O–H groups in total. The summed E-state index contributed by atoms with van der Waals surface area (Å²) in [6, 6.07) is 3.61. The van der Waals surface area contributed by atoms with Gasteiger partial charge in [0.05, 0.1) is 0 Å². The predicted octanol–water partition coefficient (Wildman–Crippen LogP) is 0.901. The van der Waals surface area contributed by atoms with Crippen molar-refractivity contribution in [1.29, 1.82) is 0 Å². The third-order valence-electron chi connectivity index (χ3n) is 3.82. The molecule has 0 radical (unpaired) electrons. The van der Waals surface area contributed by atoms with E-state index in [4.69, 9.17) is 0 Å². The van der Waals surface area contributed by atoms with Gasteiger partial charge in [0, 0.05) is 6.54 Å². The number of ether oxygens (including phenoxy) is 1. The number of benzene rings is 1. The van der Waals surface area contributed by atoms with Crippen molar-refractivity contribution in [1.82, 2.24) is 20.9 Å². The van der Waals surface area contributed by atoms with Crippen LogP contribution in [0.3, 0.4) is 0 Å². The van der Waals surface area contributed by atoms with Gasteiger partial charge in [0.2, 0.25) is 5.91 Å². The molecular formula is C16H18F2N4O5. The van der Waals surface area contributed by atoms with Gasteiger partial charge in [-0.1, -0.05) is 12.1 Å². The minimum atomic E-state index is -2.99. The summed E-state index contributed by atoms with van der Waals surface area (Å²) in [6.45, 7) is -0.268. The van der Waals surface area contributed by atoms with Gasteiger partial charge in [0.15, 0.2) is 0 Å². The Morgan fingerprint density at radius 3 is 2.44 bits per heavy atom. The maximum atomic E-state index is 12.7. The fraction of sp³-hybridized carbons (Fsp3) is 0.375. The number of rotatable bonds is 6. The Labute approximate surface area is 153 Å². The quantitative estimate of drug-likeness (QED) is 0.630. The number of nitrogens with one attached hydrogen (secondary N) is 3. The molecule has 0 aromatic heterocycles. The van der Waals surface area contributed by atoms with Crippen molar-refractivity contribution >= 4 is 23.9 Å². The van der Waals surface area contributed by atoms with Crippen LogP contribution in [0.1, 0.15) is 19.4 Å². The standard InChI is InChI=1S/C16H18F2N4O5/c1-3-19-14(25)20-11(23)8-22-12(24)16(2,21-15(22)26)9-4-6-10(7-5-9)27-13(17)18/h4-7,13H,3,8H2,1-2H3,(H,21,26)(H2,19,20,23,25)/t16-/m0/s1. The van der Waals surface area contributed by atoms with Crippen LogP contribution in [0.15, 0.2) is 24.3 Å². The van der Waals surface area contributed by atoms with E-state index in [-0.39, 0.29) is 5.75 Å². The van der Waals surface area contributed by atoms with E-state index >= 15 is 0 Å². The van der Waals surface area contributed by atoms with E-state index in [1.807, 2.05) is 5.32 Å². The molecule has 1 aliphatic rings. The molecule has 27 heavy (non-hydrogen) atoms. The number of hydrogen-bond donors (Lipinski definition) is 3. The SMILES string of the molecule is CCNC(=O)NC(=O)CN1C(=O)N[C@@](C)(c2ccc(OC(F)F)cc2)C1=O. The van der Waals surface area contributed by atoms with Gasteiger partial charge in [-0.25, -0.2) is 9.59 Å². The molecule has 1 saturated heterocycles. The molecule has 1 atom stereocenters. The van der Waals surface area contributed by atoms with Crippen LogP contribution in [-0.4, -0.2) is 48.5 Å². The first-order valence-electron chi connectivity index (χ1n) is 7.94. The van der Waals surface area contributed by atoms with Gasteiger partial charge in [-0.3, -0.25) is 19.8 Å². The van der Waals surface area contributed by atoms with Crippen LogP contribution < -0.4 is 20.7 Å². The molecule has 146 valence electrons. The summed E-state index contributed by atoms with van der Waals surface area (Å²) in [7, 11) is 0. The fourth-order valence-electron chi connectivity index (χ4n) is 2.52. The molecule has 1 heterocycles. The highest BCUT2D eigenvalue weighted by Gasteiger charge is 2.49. The lowest BCUT2D eigenvalue weighted by Crippen LogP contribution is -2.46. The number of alkyl halides is 2. The van der Waals surface area contributed by atoms with Gasteiger partial charge in [-0.05, 0) is 31.5 Å². The van der Waals surface area contributed by atoms with Crippen LogP contribution in [0, 0.1) is 0 Å². The van der Waals surface area contributed by atoms with Gasteiger partial charge >= 0.3 is 18.7 Å². The number of urea groups is 2. The maximum absolute atomic E-state index is 12.7. The van der Waals surface area contributed by atoms with Crippen molar-refractivity contribution < 1.29 is 32.7 Å². The lowest BCUT2D eigenvalue weighted by atomic mass is 9.92. The number of imide groups is 2. The number of carbonyl (C=O) groups excluding carboxylic acids is 4. The van der Waals surface area contributed by atoms with E-state index < -0.39 is 42.6 Å². The van der Waals surface area contributed by atoms with Crippen LogP contribution in [0.25, 0.3) is 0 Å². The highest BCUT2D eigenvalue weighted by Crippen LogP contribution is 2.30. The topological polar surface area (TPSA) is 117 Å². The number of hydrogen-bond acceptors (Lipinski definition) is 5. The average Bonchev–Trinajstić information content (AvgIpc) is 2.79. The van der Waals surface area contributed by atoms with Crippen LogP contribution in [0.2, 0.25) is 0 Å².